The predicted molar refractivity (Wildman–Crippen MR) is 67.0 cm³/mol. The van der Waals surface area contributed by atoms with Crippen LogP contribution in [0.3, 0.4) is 0 Å². The van der Waals surface area contributed by atoms with E-state index in [2.05, 4.69) is 31.7 Å². The first kappa shape index (κ1) is 15.4. The highest BCUT2D eigenvalue weighted by molar-refractivity contribution is 4.81. The van der Waals surface area contributed by atoms with Crippen molar-refractivity contribution in [2.75, 3.05) is 19.6 Å². The smallest absolute Gasteiger partial charge is 0.0718 e. The fourth-order valence-corrected chi connectivity index (χ4v) is 1.91. The van der Waals surface area contributed by atoms with E-state index in [9.17, 15) is 5.11 Å². The van der Waals surface area contributed by atoms with Crippen LogP contribution in [0, 0.1) is 16.7 Å². The molecule has 94 valence electrons. The van der Waals surface area contributed by atoms with Crippen LogP contribution in [0.5, 0.6) is 0 Å². The number of rotatable bonds is 7. The maximum atomic E-state index is 9.80. The first-order valence-corrected chi connectivity index (χ1v) is 6.02. The number of likely N-dealkylation sites (N-methyl/N-ethyl adjacent to an activating group) is 1. The average Bonchev–Trinajstić information content (AvgIpc) is 2.11. The van der Waals surface area contributed by atoms with E-state index in [1.807, 2.05) is 13.8 Å². The largest absolute Gasteiger partial charge is 0.389 e. The van der Waals surface area contributed by atoms with Crippen molar-refractivity contribution in [3.63, 3.8) is 0 Å². The van der Waals surface area contributed by atoms with E-state index in [0.29, 0.717) is 13.0 Å². The molecule has 0 aromatic rings. The van der Waals surface area contributed by atoms with Crippen molar-refractivity contribution in [2.45, 2.75) is 53.1 Å². The van der Waals surface area contributed by atoms with Gasteiger partial charge in [-0.25, -0.2) is 0 Å². The monoisotopic (exact) mass is 226 g/mol. The summed E-state index contributed by atoms with van der Waals surface area (Å²) in [5.74, 6) is 0. The Labute approximate surface area is 100 Å². The Bertz CT molecular complexity index is 235. The third-order valence-corrected chi connectivity index (χ3v) is 2.62. The van der Waals surface area contributed by atoms with E-state index in [0.717, 1.165) is 19.5 Å². The molecule has 0 aliphatic carbocycles. The van der Waals surface area contributed by atoms with Gasteiger partial charge in [0.1, 0.15) is 0 Å². The van der Waals surface area contributed by atoms with Gasteiger partial charge in [-0.15, -0.1) is 0 Å². The van der Waals surface area contributed by atoms with Crippen LogP contribution in [-0.4, -0.2) is 35.2 Å². The van der Waals surface area contributed by atoms with Gasteiger partial charge in [-0.2, -0.15) is 5.26 Å². The van der Waals surface area contributed by atoms with Gasteiger partial charge >= 0.3 is 0 Å². The van der Waals surface area contributed by atoms with Crippen LogP contribution >= 0.6 is 0 Å². The van der Waals surface area contributed by atoms with Crippen molar-refractivity contribution in [2.24, 2.45) is 5.41 Å². The minimum Gasteiger partial charge on any atom is -0.389 e. The number of nitrogens with zero attached hydrogens (tertiary/aromatic N) is 2. The van der Waals surface area contributed by atoms with Gasteiger partial charge in [0.15, 0.2) is 0 Å². The van der Waals surface area contributed by atoms with E-state index >= 15 is 0 Å². The molecule has 0 spiro atoms. The molecular weight excluding hydrogens is 200 g/mol. The first-order chi connectivity index (χ1) is 7.20. The lowest BCUT2D eigenvalue weighted by Crippen LogP contribution is -2.43. The molecule has 0 radical (unpaired) electrons. The van der Waals surface area contributed by atoms with Crippen molar-refractivity contribution >= 4 is 0 Å². The van der Waals surface area contributed by atoms with Gasteiger partial charge in [-0.3, -0.25) is 0 Å². The molecule has 0 aliphatic heterocycles. The van der Waals surface area contributed by atoms with Gasteiger partial charge in [-0.1, -0.05) is 20.8 Å². The fraction of sp³-hybridized carbons (Fsp3) is 0.923. The van der Waals surface area contributed by atoms with Crippen LogP contribution in [-0.2, 0) is 0 Å². The number of aliphatic hydroxyl groups is 1. The zero-order valence-electron chi connectivity index (χ0n) is 11.4. The summed E-state index contributed by atoms with van der Waals surface area (Å²) in [6.45, 7) is 12.7. The molecule has 0 rings (SSSR count). The van der Waals surface area contributed by atoms with Gasteiger partial charge < -0.3 is 10.0 Å². The summed E-state index contributed by atoms with van der Waals surface area (Å²) in [6.07, 6.45) is 1.51. The highest BCUT2D eigenvalue weighted by Crippen LogP contribution is 2.24. The average molecular weight is 226 g/mol. The first-order valence-electron chi connectivity index (χ1n) is 6.02. The zero-order chi connectivity index (χ0) is 12.8. The van der Waals surface area contributed by atoms with E-state index in [-0.39, 0.29) is 5.41 Å². The summed E-state index contributed by atoms with van der Waals surface area (Å²) in [5, 5.41) is 18.4. The van der Waals surface area contributed by atoms with Gasteiger partial charge in [0.2, 0.25) is 0 Å². The van der Waals surface area contributed by atoms with Crippen molar-refractivity contribution in [1.82, 2.24) is 4.90 Å². The van der Waals surface area contributed by atoms with Crippen LogP contribution in [0.1, 0.15) is 47.5 Å². The maximum Gasteiger partial charge on any atom is 0.0718 e. The van der Waals surface area contributed by atoms with Gasteiger partial charge in [0.05, 0.1) is 11.7 Å². The highest BCUT2D eigenvalue weighted by atomic mass is 16.3. The lowest BCUT2D eigenvalue weighted by atomic mass is 9.87. The van der Waals surface area contributed by atoms with Crippen molar-refractivity contribution in [1.29, 1.82) is 5.26 Å². The Hall–Kier alpha value is -0.590. The standard InChI is InChI=1S/C13H26N2O/c1-6-15(11-13(4,5)16)10-12(2,3)8-7-9-14/h16H,6-8,10-11H2,1-5H3. The lowest BCUT2D eigenvalue weighted by Gasteiger charge is -2.34. The molecule has 0 aromatic heterocycles. The molecule has 16 heavy (non-hydrogen) atoms. The molecule has 3 heteroatoms. The summed E-state index contributed by atoms with van der Waals surface area (Å²) in [5.41, 5.74) is -0.516. The predicted octanol–water partition coefficient (Wildman–Crippen LogP) is 2.41. The third-order valence-electron chi connectivity index (χ3n) is 2.62. The Morgan fingerprint density at radius 1 is 1.19 bits per heavy atom. The summed E-state index contributed by atoms with van der Waals surface area (Å²) in [6, 6.07) is 2.20. The molecule has 0 unspecified atom stereocenters. The van der Waals surface area contributed by atoms with Crippen LogP contribution in [0.4, 0.5) is 0 Å². The van der Waals surface area contributed by atoms with Crippen molar-refractivity contribution in [3.05, 3.63) is 0 Å². The Balaban J connectivity index is 4.26. The van der Waals surface area contributed by atoms with Gasteiger partial charge in [0.25, 0.3) is 0 Å². The molecule has 0 saturated heterocycles. The summed E-state index contributed by atoms with van der Waals surface area (Å²) >= 11 is 0. The topological polar surface area (TPSA) is 47.3 Å². The molecule has 0 atom stereocenters. The summed E-state index contributed by atoms with van der Waals surface area (Å²) in [7, 11) is 0. The SMILES string of the molecule is CCN(CC(C)(C)O)CC(C)(C)CCC#N. The molecule has 0 amide bonds. The normalized spacial score (nSPS) is 12.9. The molecule has 0 aromatic carbocycles. The Kier molecular flexibility index (Phi) is 5.99. The number of hydrogen-bond donors (Lipinski definition) is 1. The second kappa shape index (κ2) is 6.22. The minimum atomic E-state index is -0.651. The van der Waals surface area contributed by atoms with Crippen molar-refractivity contribution < 1.29 is 5.11 Å². The van der Waals surface area contributed by atoms with Crippen LogP contribution in [0.25, 0.3) is 0 Å². The zero-order valence-corrected chi connectivity index (χ0v) is 11.4. The van der Waals surface area contributed by atoms with Gasteiger partial charge in [0, 0.05) is 19.5 Å². The molecule has 0 bridgehead atoms. The van der Waals surface area contributed by atoms with E-state index in [4.69, 9.17) is 5.26 Å². The van der Waals surface area contributed by atoms with Crippen LogP contribution < -0.4 is 0 Å². The van der Waals surface area contributed by atoms with Crippen LogP contribution in [0.2, 0.25) is 0 Å². The third kappa shape index (κ3) is 7.67. The minimum absolute atomic E-state index is 0.136. The summed E-state index contributed by atoms with van der Waals surface area (Å²) < 4.78 is 0. The van der Waals surface area contributed by atoms with E-state index in [1.54, 1.807) is 0 Å². The van der Waals surface area contributed by atoms with Crippen molar-refractivity contribution in [3.8, 4) is 6.07 Å². The molecule has 0 fully saturated rings. The highest BCUT2D eigenvalue weighted by Gasteiger charge is 2.24. The lowest BCUT2D eigenvalue weighted by molar-refractivity contribution is 0.0251. The Morgan fingerprint density at radius 3 is 2.12 bits per heavy atom. The quantitative estimate of drug-likeness (QED) is 0.725. The fourth-order valence-electron chi connectivity index (χ4n) is 1.91. The molecule has 0 aliphatic rings. The van der Waals surface area contributed by atoms with Crippen LogP contribution in [0.15, 0.2) is 0 Å². The molecule has 0 heterocycles. The maximum absolute atomic E-state index is 9.80. The molecular formula is C13H26N2O. The second-order valence-electron chi connectivity index (χ2n) is 5.94. The molecule has 1 N–H and O–H groups in total. The van der Waals surface area contributed by atoms with E-state index < -0.39 is 5.60 Å². The number of nitriles is 1. The second-order valence-corrected chi connectivity index (χ2v) is 5.94. The van der Waals surface area contributed by atoms with E-state index in [1.165, 1.54) is 0 Å². The summed E-state index contributed by atoms with van der Waals surface area (Å²) in [4.78, 5) is 2.25. The molecule has 3 nitrogen and oxygen atoms in total. The molecule has 0 saturated carbocycles. The van der Waals surface area contributed by atoms with Gasteiger partial charge in [-0.05, 0) is 32.2 Å². The Morgan fingerprint density at radius 2 is 1.75 bits per heavy atom. The number of hydrogen-bond acceptors (Lipinski definition) is 3.